The third-order valence-electron chi connectivity index (χ3n) is 3.89. The van der Waals surface area contributed by atoms with E-state index < -0.39 is 25.4 Å². The zero-order chi connectivity index (χ0) is 16.0. The summed E-state index contributed by atoms with van der Waals surface area (Å²) in [5.41, 5.74) is -1.42. The molecule has 0 aliphatic carbocycles. The van der Waals surface area contributed by atoms with E-state index in [0.717, 1.165) is 6.42 Å². The van der Waals surface area contributed by atoms with Crippen LogP contribution in [0.4, 0.5) is 0 Å². The quantitative estimate of drug-likeness (QED) is 0.488. The summed E-state index contributed by atoms with van der Waals surface area (Å²) in [6, 6.07) is 0. The van der Waals surface area contributed by atoms with Gasteiger partial charge in [0.1, 0.15) is 5.54 Å². The Morgan fingerprint density at radius 2 is 1.81 bits per heavy atom. The first kappa shape index (κ1) is 17.9. The molecule has 2 amide bonds. The van der Waals surface area contributed by atoms with Gasteiger partial charge in [-0.2, -0.15) is 0 Å². The van der Waals surface area contributed by atoms with Gasteiger partial charge in [-0.15, -0.1) is 0 Å². The second-order valence-corrected chi connectivity index (χ2v) is 6.02. The molecule has 4 N–H and O–H groups in total. The van der Waals surface area contributed by atoms with E-state index in [2.05, 4.69) is 5.32 Å². The van der Waals surface area contributed by atoms with Gasteiger partial charge in [-0.1, -0.05) is 13.8 Å². The summed E-state index contributed by atoms with van der Waals surface area (Å²) >= 11 is 0. The van der Waals surface area contributed by atoms with Gasteiger partial charge in [0.25, 0.3) is 0 Å². The first-order chi connectivity index (χ1) is 9.89. The van der Waals surface area contributed by atoms with E-state index >= 15 is 0 Å². The van der Waals surface area contributed by atoms with Crippen LogP contribution in [0.1, 0.15) is 26.7 Å². The molecule has 1 rings (SSSR count). The summed E-state index contributed by atoms with van der Waals surface area (Å²) in [7, 11) is 0. The van der Waals surface area contributed by atoms with Crippen molar-refractivity contribution in [2.24, 2.45) is 11.8 Å². The van der Waals surface area contributed by atoms with Crippen LogP contribution in [0.15, 0.2) is 0 Å². The molecular formula is C14H26N2O5. The van der Waals surface area contributed by atoms with Crippen LogP contribution >= 0.6 is 0 Å². The zero-order valence-electron chi connectivity index (χ0n) is 12.7. The maximum Gasteiger partial charge on any atom is 0.225 e. The standard InChI is InChI=1S/C14H26N2O5/c1-10(2)13(21)16-5-3-4-11(6-16)12(20)15-14(7-17,8-18)9-19/h10-11,17-19H,3-9H2,1-2H3,(H,15,20). The van der Waals surface area contributed by atoms with Crippen molar-refractivity contribution in [1.82, 2.24) is 10.2 Å². The van der Waals surface area contributed by atoms with Crippen LogP contribution in [-0.4, -0.2) is 70.5 Å². The number of piperidine rings is 1. The third kappa shape index (κ3) is 4.39. The van der Waals surface area contributed by atoms with Crippen molar-refractivity contribution in [1.29, 1.82) is 0 Å². The van der Waals surface area contributed by atoms with Crippen LogP contribution in [0.25, 0.3) is 0 Å². The van der Waals surface area contributed by atoms with Crippen molar-refractivity contribution in [2.75, 3.05) is 32.9 Å². The van der Waals surface area contributed by atoms with E-state index in [1.54, 1.807) is 4.90 Å². The minimum atomic E-state index is -1.42. The van der Waals surface area contributed by atoms with Crippen LogP contribution < -0.4 is 5.32 Å². The van der Waals surface area contributed by atoms with E-state index in [1.807, 2.05) is 13.8 Å². The molecule has 1 heterocycles. The summed E-state index contributed by atoms with van der Waals surface area (Å²) in [5, 5.41) is 30.2. The van der Waals surface area contributed by atoms with Gasteiger partial charge in [-0.05, 0) is 12.8 Å². The number of aliphatic hydroxyl groups is 3. The Labute approximate surface area is 124 Å². The average molecular weight is 302 g/mol. The lowest BCUT2D eigenvalue weighted by Gasteiger charge is -2.36. The molecule has 0 aromatic carbocycles. The Kier molecular flexibility index (Phi) is 6.57. The number of hydrogen-bond acceptors (Lipinski definition) is 5. The third-order valence-corrected chi connectivity index (χ3v) is 3.89. The van der Waals surface area contributed by atoms with Gasteiger partial charge in [0, 0.05) is 19.0 Å². The topological polar surface area (TPSA) is 110 Å². The SMILES string of the molecule is CC(C)C(=O)N1CCCC(C(=O)NC(CO)(CO)CO)C1. The average Bonchev–Trinajstić information content (AvgIpc) is 2.51. The monoisotopic (exact) mass is 302 g/mol. The van der Waals surface area contributed by atoms with Crippen LogP contribution in [0, 0.1) is 11.8 Å². The molecule has 7 heteroatoms. The number of hydrogen-bond donors (Lipinski definition) is 4. The van der Waals surface area contributed by atoms with Gasteiger partial charge in [0.05, 0.1) is 25.7 Å². The Morgan fingerprint density at radius 3 is 2.29 bits per heavy atom. The molecule has 0 aromatic heterocycles. The molecule has 0 bridgehead atoms. The first-order valence-electron chi connectivity index (χ1n) is 7.32. The Balaban J connectivity index is 2.68. The van der Waals surface area contributed by atoms with Crippen LogP contribution in [0.5, 0.6) is 0 Å². The Morgan fingerprint density at radius 1 is 1.24 bits per heavy atom. The van der Waals surface area contributed by atoms with Gasteiger partial charge in [0.2, 0.25) is 11.8 Å². The molecule has 7 nitrogen and oxygen atoms in total. The van der Waals surface area contributed by atoms with Gasteiger partial charge in [-0.3, -0.25) is 9.59 Å². The number of aliphatic hydroxyl groups excluding tert-OH is 3. The molecule has 1 saturated heterocycles. The molecule has 0 aromatic rings. The molecular weight excluding hydrogens is 276 g/mol. The van der Waals surface area contributed by atoms with Crippen molar-refractivity contribution < 1.29 is 24.9 Å². The van der Waals surface area contributed by atoms with Crippen molar-refractivity contribution in [3.63, 3.8) is 0 Å². The summed E-state index contributed by atoms with van der Waals surface area (Å²) < 4.78 is 0. The van der Waals surface area contributed by atoms with Crippen LogP contribution in [0.3, 0.4) is 0 Å². The smallest absolute Gasteiger partial charge is 0.225 e. The number of likely N-dealkylation sites (tertiary alicyclic amines) is 1. The predicted octanol–water partition coefficient (Wildman–Crippen LogP) is -1.29. The van der Waals surface area contributed by atoms with Crippen molar-refractivity contribution in [3.8, 4) is 0 Å². The normalized spacial score (nSPS) is 19.7. The van der Waals surface area contributed by atoms with Gasteiger partial charge < -0.3 is 25.5 Å². The van der Waals surface area contributed by atoms with E-state index in [1.165, 1.54) is 0 Å². The molecule has 1 aliphatic rings. The second kappa shape index (κ2) is 7.72. The summed E-state index contributed by atoms with van der Waals surface area (Å²) in [6.07, 6.45) is 1.38. The molecule has 1 atom stereocenters. The van der Waals surface area contributed by atoms with Gasteiger partial charge >= 0.3 is 0 Å². The zero-order valence-corrected chi connectivity index (χ0v) is 12.7. The highest BCUT2D eigenvalue weighted by Crippen LogP contribution is 2.19. The largest absolute Gasteiger partial charge is 0.394 e. The molecule has 21 heavy (non-hydrogen) atoms. The second-order valence-electron chi connectivity index (χ2n) is 6.02. The number of nitrogens with one attached hydrogen (secondary N) is 1. The van der Waals surface area contributed by atoms with Crippen molar-refractivity contribution >= 4 is 11.8 Å². The molecule has 1 fully saturated rings. The van der Waals surface area contributed by atoms with E-state index in [0.29, 0.717) is 19.5 Å². The minimum Gasteiger partial charge on any atom is -0.394 e. The molecule has 0 radical (unpaired) electrons. The summed E-state index contributed by atoms with van der Waals surface area (Å²) in [5.74, 6) is -0.831. The highest BCUT2D eigenvalue weighted by Gasteiger charge is 2.35. The fraction of sp³-hybridized carbons (Fsp3) is 0.857. The van der Waals surface area contributed by atoms with Crippen molar-refractivity contribution in [3.05, 3.63) is 0 Å². The Hall–Kier alpha value is -1.18. The maximum atomic E-state index is 12.2. The molecule has 0 spiro atoms. The van der Waals surface area contributed by atoms with Crippen LogP contribution in [-0.2, 0) is 9.59 Å². The van der Waals surface area contributed by atoms with E-state index in [4.69, 9.17) is 0 Å². The van der Waals surface area contributed by atoms with Gasteiger partial charge in [0.15, 0.2) is 0 Å². The van der Waals surface area contributed by atoms with Gasteiger partial charge in [-0.25, -0.2) is 0 Å². The number of carbonyl (C=O) groups excluding carboxylic acids is 2. The van der Waals surface area contributed by atoms with E-state index in [-0.39, 0.29) is 23.7 Å². The number of nitrogens with zero attached hydrogens (tertiary/aromatic N) is 1. The summed E-state index contributed by atoms with van der Waals surface area (Å²) in [4.78, 5) is 25.9. The van der Waals surface area contributed by atoms with Crippen LogP contribution in [0.2, 0.25) is 0 Å². The maximum absolute atomic E-state index is 12.2. The first-order valence-corrected chi connectivity index (χ1v) is 7.32. The number of amides is 2. The van der Waals surface area contributed by atoms with E-state index in [9.17, 15) is 24.9 Å². The number of rotatable bonds is 6. The lowest BCUT2D eigenvalue weighted by Crippen LogP contribution is -2.59. The fourth-order valence-corrected chi connectivity index (χ4v) is 2.39. The summed E-state index contributed by atoms with van der Waals surface area (Å²) in [6.45, 7) is 2.97. The molecule has 1 aliphatic heterocycles. The number of carbonyl (C=O) groups is 2. The fourth-order valence-electron chi connectivity index (χ4n) is 2.39. The lowest BCUT2D eigenvalue weighted by molar-refractivity contribution is -0.139. The predicted molar refractivity (Wildman–Crippen MR) is 76.3 cm³/mol. The minimum absolute atomic E-state index is 0.0187. The molecule has 0 saturated carbocycles. The Bertz CT molecular complexity index is 360. The highest BCUT2D eigenvalue weighted by atomic mass is 16.3. The lowest BCUT2D eigenvalue weighted by atomic mass is 9.94. The van der Waals surface area contributed by atoms with Crippen molar-refractivity contribution in [2.45, 2.75) is 32.2 Å². The highest BCUT2D eigenvalue weighted by molar-refractivity contribution is 5.82. The molecule has 1 unspecified atom stereocenters. The molecule has 122 valence electrons.